The normalized spacial score (nSPS) is 10.9. The van der Waals surface area contributed by atoms with Crippen LogP contribution in [0.3, 0.4) is 0 Å². The Morgan fingerprint density at radius 1 is 1.40 bits per heavy atom. The van der Waals surface area contributed by atoms with Crippen molar-refractivity contribution in [3.05, 3.63) is 35.5 Å². The van der Waals surface area contributed by atoms with Crippen molar-refractivity contribution < 1.29 is 4.79 Å². The van der Waals surface area contributed by atoms with Gasteiger partial charge in [0.25, 0.3) is 0 Å². The number of carbonyl (C=O) groups is 1. The molecule has 0 amide bonds. The number of Topliss-reactive ketones (excluding diaryl/α,β-unsaturated/α-hetero) is 1. The Morgan fingerprint density at radius 2 is 2.13 bits per heavy atom. The molecule has 1 aromatic carbocycles. The fourth-order valence-electron chi connectivity index (χ4n) is 2.15. The van der Waals surface area contributed by atoms with E-state index >= 15 is 0 Å². The van der Waals surface area contributed by atoms with E-state index in [9.17, 15) is 4.79 Å². The summed E-state index contributed by atoms with van der Waals surface area (Å²) in [6.45, 7) is 6.70. The number of rotatable bonds is 2. The van der Waals surface area contributed by atoms with Crippen LogP contribution in [0.4, 0.5) is 0 Å². The lowest BCUT2D eigenvalue weighted by molar-refractivity contribution is 0.101. The van der Waals surface area contributed by atoms with E-state index in [2.05, 4.69) is 30.5 Å². The Bertz CT molecular complexity index is 523. The summed E-state index contributed by atoms with van der Waals surface area (Å²) in [4.78, 5) is 11.5. The predicted octanol–water partition coefficient (Wildman–Crippen LogP) is 3.17. The van der Waals surface area contributed by atoms with Gasteiger partial charge in [-0.05, 0) is 32.9 Å². The number of fused-ring (bicyclic) bond motifs is 1. The zero-order valence-corrected chi connectivity index (χ0v) is 9.37. The molecule has 0 saturated heterocycles. The molecule has 1 aromatic heterocycles. The van der Waals surface area contributed by atoms with Crippen molar-refractivity contribution in [1.29, 1.82) is 0 Å². The monoisotopic (exact) mass is 201 g/mol. The van der Waals surface area contributed by atoms with Gasteiger partial charge in [-0.3, -0.25) is 4.79 Å². The van der Waals surface area contributed by atoms with Gasteiger partial charge in [0.1, 0.15) is 0 Å². The molecule has 0 spiro atoms. The summed E-state index contributed by atoms with van der Waals surface area (Å²) in [5, 5.41) is 1.15. The molecule has 0 unspecified atom stereocenters. The topological polar surface area (TPSA) is 22.0 Å². The number of ketones is 1. The minimum absolute atomic E-state index is 0.133. The van der Waals surface area contributed by atoms with Gasteiger partial charge in [-0.25, -0.2) is 0 Å². The van der Waals surface area contributed by atoms with Crippen molar-refractivity contribution >= 4 is 16.7 Å². The second-order valence-electron chi connectivity index (χ2n) is 3.83. The highest BCUT2D eigenvalue weighted by atomic mass is 16.1. The van der Waals surface area contributed by atoms with Crippen molar-refractivity contribution in [2.24, 2.45) is 0 Å². The largest absolute Gasteiger partial charge is 0.345 e. The molecule has 0 aliphatic carbocycles. The van der Waals surface area contributed by atoms with Crippen LogP contribution in [-0.2, 0) is 6.54 Å². The van der Waals surface area contributed by atoms with Crippen LogP contribution in [0.15, 0.2) is 24.3 Å². The van der Waals surface area contributed by atoms with Gasteiger partial charge in [0.15, 0.2) is 5.78 Å². The Balaban J connectivity index is 2.87. The summed E-state index contributed by atoms with van der Waals surface area (Å²) in [7, 11) is 0. The number of para-hydroxylation sites is 1. The van der Waals surface area contributed by atoms with E-state index in [4.69, 9.17) is 0 Å². The second kappa shape index (κ2) is 3.54. The van der Waals surface area contributed by atoms with E-state index in [1.54, 1.807) is 6.92 Å². The van der Waals surface area contributed by atoms with Gasteiger partial charge in [-0.2, -0.15) is 0 Å². The summed E-state index contributed by atoms with van der Waals surface area (Å²) < 4.78 is 2.19. The number of nitrogens with zero attached hydrogens (tertiary/aromatic N) is 1. The van der Waals surface area contributed by atoms with Crippen molar-refractivity contribution in [3.8, 4) is 0 Å². The van der Waals surface area contributed by atoms with Gasteiger partial charge < -0.3 is 4.57 Å². The van der Waals surface area contributed by atoms with Crippen molar-refractivity contribution in [1.82, 2.24) is 4.57 Å². The van der Waals surface area contributed by atoms with E-state index in [1.807, 2.05) is 12.1 Å². The second-order valence-corrected chi connectivity index (χ2v) is 3.83. The van der Waals surface area contributed by atoms with Crippen molar-refractivity contribution in [2.45, 2.75) is 27.3 Å². The first-order valence-corrected chi connectivity index (χ1v) is 5.25. The van der Waals surface area contributed by atoms with Crippen LogP contribution in [0.2, 0.25) is 0 Å². The molecular formula is C13H15NO. The fourth-order valence-corrected chi connectivity index (χ4v) is 2.15. The van der Waals surface area contributed by atoms with Gasteiger partial charge in [0.05, 0.1) is 5.52 Å². The summed E-state index contributed by atoms with van der Waals surface area (Å²) in [6.07, 6.45) is 0. The molecule has 2 nitrogen and oxygen atoms in total. The standard InChI is InChI=1S/C13H15NO/c1-4-14-9(2)8-11-6-5-7-12(10(3)15)13(11)14/h5-8H,4H2,1-3H3. The SMILES string of the molecule is CCn1c(C)cc2cccc(C(C)=O)c21. The zero-order valence-electron chi connectivity index (χ0n) is 9.37. The number of aryl methyl sites for hydroxylation is 2. The van der Waals surface area contributed by atoms with Crippen LogP contribution >= 0.6 is 0 Å². The highest BCUT2D eigenvalue weighted by Gasteiger charge is 2.10. The molecule has 78 valence electrons. The third-order valence-electron chi connectivity index (χ3n) is 2.82. The third-order valence-corrected chi connectivity index (χ3v) is 2.82. The Morgan fingerprint density at radius 3 is 2.73 bits per heavy atom. The molecule has 2 rings (SSSR count). The molecule has 2 aromatic rings. The first-order chi connectivity index (χ1) is 7.15. The van der Waals surface area contributed by atoms with Crippen molar-refractivity contribution in [2.75, 3.05) is 0 Å². The van der Waals surface area contributed by atoms with E-state index in [0.717, 1.165) is 23.0 Å². The summed E-state index contributed by atoms with van der Waals surface area (Å²) >= 11 is 0. The third kappa shape index (κ3) is 1.46. The smallest absolute Gasteiger partial charge is 0.161 e. The van der Waals surface area contributed by atoms with Gasteiger partial charge in [0.2, 0.25) is 0 Å². The average Bonchev–Trinajstić information content (AvgIpc) is 2.52. The average molecular weight is 201 g/mol. The number of carbonyl (C=O) groups excluding carboxylic acids is 1. The lowest BCUT2D eigenvalue weighted by atomic mass is 10.1. The zero-order chi connectivity index (χ0) is 11.0. The first kappa shape index (κ1) is 9.97. The molecule has 0 saturated carbocycles. The van der Waals surface area contributed by atoms with Crippen LogP contribution < -0.4 is 0 Å². The molecule has 0 radical (unpaired) electrons. The Hall–Kier alpha value is -1.57. The van der Waals surface area contributed by atoms with Crippen LogP contribution in [0.1, 0.15) is 29.9 Å². The van der Waals surface area contributed by atoms with E-state index in [0.29, 0.717) is 0 Å². The maximum Gasteiger partial charge on any atom is 0.161 e. The molecule has 0 aliphatic heterocycles. The molecule has 0 atom stereocenters. The maximum atomic E-state index is 11.5. The molecule has 1 heterocycles. The highest BCUT2D eigenvalue weighted by Crippen LogP contribution is 2.23. The van der Waals surface area contributed by atoms with Crippen LogP contribution in [0.5, 0.6) is 0 Å². The number of hydrogen-bond acceptors (Lipinski definition) is 1. The van der Waals surface area contributed by atoms with E-state index in [-0.39, 0.29) is 5.78 Å². The predicted molar refractivity (Wildman–Crippen MR) is 62.4 cm³/mol. The van der Waals surface area contributed by atoms with Gasteiger partial charge in [-0.15, -0.1) is 0 Å². The maximum absolute atomic E-state index is 11.5. The molecule has 15 heavy (non-hydrogen) atoms. The van der Waals surface area contributed by atoms with Crippen LogP contribution in [0, 0.1) is 6.92 Å². The molecular weight excluding hydrogens is 186 g/mol. The minimum Gasteiger partial charge on any atom is -0.345 e. The van der Waals surface area contributed by atoms with Crippen molar-refractivity contribution in [3.63, 3.8) is 0 Å². The molecule has 0 aliphatic rings. The summed E-state index contributed by atoms with van der Waals surface area (Å²) in [5.74, 6) is 0.133. The highest BCUT2D eigenvalue weighted by molar-refractivity contribution is 6.06. The molecule has 0 N–H and O–H groups in total. The van der Waals surface area contributed by atoms with Gasteiger partial charge in [-0.1, -0.05) is 12.1 Å². The number of benzene rings is 1. The lowest BCUT2D eigenvalue weighted by Gasteiger charge is -2.06. The van der Waals surface area contributed by atoms with Gasteiger partial charge >= 0.3 is 0 Å². The first-order valence-electron chi connectivity index (χ1n) is 5.25. The number of hydrogen-bond donors (Lipinski definition) is 0. The Labute approximate surface area is 89.5 Å². The van der Waals surface area contributed by atoms with Gasteiger partial charge in [0, 0.05) is 23.2 Å². The fraction of sp³-hybridized carbons (Fsp3) is 0.308. The molecule has 0 bridgehead atoms. The van der Waals surface area contributed by atoms with E-state index < -0.39 is 0 Å². The summed E-state index contributed by atoms with van der Waals surface area (Å²) in [5.41, 5.74) is 3.11. The van der Waals surface area contributed by atoms with Crippen LogP contribution in [-0.4, -0.2) is 10.4 Å². The minimum atomic E-state index is 0.133. The summed E-state index contributed by atoms with van der Waals surface area (Å²) in [6, 6.07) is 8.03. The van der Waals surface area contributed by atoms with Crippen LogP contribution in [0.25, 0.3) is 10.9 Å². The quantitative estimate of drug-likeness (QED) is 0.684. The van der Waals surface area contributed by atoms with E-state index in [1.165, 1.54) is 5.69 Å². The Kier molecular flexibility index (Phi) is 2.35. The number of aromatic nitrogens is 1. The lowest BCUT2D eigenvalue weighted by Crippen LogP contribution is -2.01. The molecule has 0 fully saturated rings. The molecule has 2 heteroatoms.